The standard InChI is InChI=1S/C20H28N4O2/c1-16-3-5-18(26-16)14-23-11-7-19-17(13-23)4-6-20(25)24(19)10-2-9-22-12-8-21-15-22/h3,5,8,12,15,17,19H,2,4,6-7,9-11,13-14H2,1H3/t17-,19+/m1/s1. The summed E-state index contributed by atoms with van der Waals surface area (Å²) in [7, 11) is 0. The van der Waals surface area contributed by atoms with Crippen molar-refractivity contribution in [1.82, 2.24) is 19.4 Å². The molecule has 0 bridgehead atoms. The molecule has 1 amide bonds. The fourth-order valence-corrected chi connectivity index (χ4v) is 4.49. The average molecular weight is 356 g/mol. The molecule has 0 N–H and O–H groups in total. The molecule has 4 heterocycles. The molecule has 0 radical (unpaired) electrons. The summed E-state index contributed by atoms with van der Waals surface area (Å²) in [5, 5.41) is 0. The highest BCUT2D eigenvalue weighted by atomic mass is 16.3. The minimum absolute atomic E-state index is 0.340. The lowest BCUT2D eigenvalue weighted by Gasteiger charge is -2.47. The number of hydrogen-bond acceptors (Lipinski definition) is 4. The van der Waals surface area contributed by atoms with Crippen LogP contribution < -0.4 is 0 Å². The minimum Gasteiger partial charge on any atom is -0.465 e. The van der Waals surface area contributed by atoms with E-state index in [2.05, 4.69) is 25.4 Å². The molecule has 4 rings (SSSR count). The first-order valence-corrected chi connectivity index (χ1v) is 9.72. The van der Waals surface area contributed by atoms with Crippen LogP contribution in [0.15, 0.2) is 35.3 Å². The molecular weight excluding hydrogens is 328 g/mol. The molecule has 6 nitrogen and oxygen atoms in total. The Kier molecular flexibility index (Phi) is 5.11. The topological polar surface area (TPSA) is 54.5 Å². The second kappa shape index (κ2) is 7.66. The van der Waals surface area contributed by atoms with E-state index in [0.717, 1.165) is 63.5 Å². The largest absolute Gasteiger partial charge is 0.465 e. The highest BCUT2D eigenvalue weighted by Gasteiger charge is 2.38. The van der Waals surface area contributed by atoms with Gasteiger partial charge in [-0.3, -0.25) is 9.69 Å². The Hall–Kier alpha value is -2.08. The van der Waals surface area contributed by atoms with E-state index in [0.29, 0.717) is 24.3 Å². The first kappa shape index (κ1) is 17.3. The molecule has 2 fully saturated rings. The monoisotopic (exact) mass is 356 g/mol. The summed E-state index contributed by atoms with van der Waals surface area (Å²) in [5.74, 6) is 2.95. The second-order valence-corrected chi connectivity index (χ2v) is 7.64. The quantitative estimate of drug-likeness (QED) is 0.799. The lowest BCUT2D eigenvalue weighted by Crippen LogP contribution is -2.56. The van der Waals surface area contributed by atoms with Gasteiger partial charge in [0, 0.05) is 51.0 Å². The lowest BCUT2D eigenvalue weighted by atomic mass is 9.83. The molecule has 2 aromatic heterocycles. The predicted molar refractivity (Wildman–Crippen MR) is 98.4 cm³/mol. The Balaban J connectivity index is 1.32. The maximum atomic E-state index is 12.5. The van der Waals surface area contributed by atoms with Crippen molar-refractivity contribution < 1.29 is 9.21 Å². The maximum absolute atomic E-state index is 12.5. The van der Waals surface area contributed by atoms with E-state index < -0.39 is 0 Å². The molecule has 0 spiro atoms. The van der Waals surface area contributed by atoms with Crippen LogP contribution in [0, 0.1) is 12.8 Å². The zero-order valence-electron chi connectivity index (χ0n) is 15.5. The molecule has 0 aromatic carbocycles. The lowest BCUT2D eigenvalue weighted by molar-refractivity contribution is -0.141. The summed E-state index contributed by atoms with van der Waals surface area (Å²) in [5.41, 5.74) is 0. The Bertz CT molecular complexity index is 724. The highest BCUT2D eigenvalue weighted by Crippen LogP contribution is 2.32. The molecular formula is C20H28N4O2. The number of likely N-dealkylation sites (tertiary alicyclic amines) is 2. The number of nitrogens with zero attached hydrogens (tertiary/aromatic N) is 4. The molecule has 0 saturated carbocycles. The van der Waals surface area contributed by atoms with Crippen molar-refractivity contribution in [3.8, 4) is 0 Å². The van der Waals surface area contributed by atoms with Crippen molar-refractivity contribution in [1.29, 1.82) is 0 Å². The Morgan fingerprint density at radius 1 is 1.27 bits per heavy atom. The maximum Gasteiger partial charge on any atom is 0.222 e. The summed E-state index contributed by atoms with van der Waals surface area (Å²) in [6.45, 7) is 6.75. The van der Waals surface area contributed by atoms with Crippen molar-refractivity contribution in [3.05, 3.63) is 42.4 Å². The van der Waals surface area contributed by atoms with Crippen LogP contribution in [-0.2, 0) is 17.9 Å². The van der Waals surface area contributed by atoms with Gasteiger partial charge in [0.2, 0.25) is 5.91 Å². The van der Waals surface area contributed by atoms with Gasteiger partial charge in [0.1, 0.15) is 11.5 Å². The van der Waals surface area contributed by atoms with Crippen molar-refractivity contribution in [2.45, 2.75) is 51.7 Å². The predicted octanol–water partition coefficient (Wildman–Crippen LogP) is 2.69. The SMILES string of the molecule is Cc1ccc(CN2CC[C@H]3[C@H](CCC(=O)N3CCCn3ccnc3)C2)o1. The number of carbonyl (C=O) groups is 1. The van der Waals surface area contributed by atoms with Crippen LogP contribution in [0.4, 0.5) is 0 Å². The summed E-state index contributed by atoms with van der Waals surface area (Å²) >= 11 is 0. The van der Waals surface area contributed by atoms with Crippen molar-refractivity contribution in [2.75, 3.05) is 19.6 Å². The van der Waals surface area contributed by atoms with Gasteiger partial charge in [-0.05, 0) is 44.2 Å². The van der Waals surface area contributed by atoms with Crippen molar-refractivity contribution in [2.24, 2.45) is 5.92 Å². The molecule has 2 aromatic rings. The highest BCUT2D eigenvalue weighted by molar-refractivity contribution is 5.77. The summed E-state index contributed by atoms with van der Waals surface area (Å²) in [4.78, 5) is 21.2. The molecule has 0 aliphatic carbocycles. The fourth-order valence-electron chi connectivity index (χ4n) is 4.49. The van der Waals surface area contributed by atoms with Gasteiger partial charge in [-0.1, -0.05) is 0 Å². The van der Waals surface area contributed by atoms with Crippen LogP contribution in [0.1, 0.15) is 37.2 Å². The van der Waals surface area contributed by atoms with Crippen molar-refractivity contribution >= 4 is 5.91 Å². The Labute approximate surface area is 154 Å². The fraction of sp³-hybridized carbons (Fsp3) is 0.600. The third kappa shape index (κ3) is 3.85. The number of furan rings is 1. The molecule has 2 saturated heterocycles. The summed E-state index contributed by atoms with van der Waals surface area (Å²) in [6, 6.07) is 4.52. The van der Waals surface area contributed by atoms with E-state index in [1.165, 1.54) is 0 Å². The van der Waals surface area contributed by atoms with E-state index in [4.69, 9.17) is 4.42 Å². The van der Waals surface area contributed by atoms with E-state index in [9.17, 15) is 4.79 Å². The normalized spacial score (nSPS) is 24.0. The smallest absolute Gasteiger partial charge is 0.222 e. The Morgan fingerprint density at radius 2 is 2.19 bits per heavy atom. The van der Waals surface area contributed by atoms with Crippen molar-refractivity contribution in [3.63, 3.8) is 0 Å². The molecule has 140 valence electrons. The van der Waals surface area contributed by atoms with Gasteiger partial charge in [0.25, 0.3) is 0 Å². The average Bonchev–Trinajstić information content (AvgIpc) is 3.29. The number of aromatic nitrogens is 2. The van der Waals surface area contributed by atoms with Gasteiger partial charge < -0.3 is 13.9 Å². The molecule has 26 heavy (non-hydrogen) atoms. The van der Waals surface area contributed by atoms with Crippen LogP contribution in [0.3, 0.4) is 0 Å². The van der Waals surface area contributed by atoms with Crippen LogP contribution in [0.25, 0.3) is 0 Å². The van der Waals surface area contributed by atoms with Gasteiger partial charge in [-0.25, -0.2) is 4.98 Å². The molecule has 6 heteroatoms. The van der Waals surface area contributed by atoms with Crippen LogP contribution in [-0.4, -0.2) is 50.9 Å². The minimum atomic E-state index is 0.340. The number of hydrogen-bond donors (Lipinski definition) is 0. The molecule has 2 aliphatic rings. The molecule has 2 atom stereocenters. The first-order valence-electron chi connectivity index (χ1n) is 9.72. The zero-order valence-corrected chi connectivity index (χ0v) is 15.5. The van der Waals surface area contributed by atoms with Gasteiger partial charge in [0.15, 0.2) is 0 Å². The van der Waals surface area contributed by atoms with E-state index >= 15 is 0 Å². The van der Waals surface area contributed by atoms with Gasteiger partial charge in [-0.2, -0.15) is 0 Å². The van der Waals surface area contributed by atoms with E-state index in [-0.39, 0.29) is 0 Å². The number of piperidine rings is 2. The molecule has 0 unspecified atom stereocenters. The van der Waals surface area contributed by atoms with Gasteiger partial charge in [-0.15, -0.1) is 0 Å². The number of carbonyl (C=O) groups excluding carboxylic acids is 1. The second-order valence-electron chi connectivity index (χ2n) is 7.64. The summed E-state index contributed by atoms with van der Waals surface area (Å²) in [6.07, 6.45) is 9.40. The number of aryl methyl sites for hydroxylation is 2. The third-order valence-corrected chi connectivity index (χ3v) is 5.78. The third-order valence-electron chi connectivity index (χ3n) is 5.78. The summed E-state index contributed by atoms with van der Waals surface area (Å²) < 4.78 is 7.82. The number of rotatable bonds is 6. The van der Waals surface area contributed by atoms with Crippen LogP contribution in [0.5, 0.6) is 0 Å². The number of fused-ring (bicyclic) bond motifs is 1. The number of imidazole rings is 1. The van der Waals surface area contributed by atoms with Crippen LogP contribution >= 0.6 is 0 Å². The first-order chi connectivity index (χ1) is 12.7. The van der Waals surface area contributed by atoms with E-state index in [1.807, 2.05) is 25.5 Å². The van der Waals surface area contributed by atoms with Gasteiger partial charge in [0.05, 0.1) is 12.9 Å². The van der Waals surface area contributed by atoms with Gasteiger partial charge >= 0.3 is 0 Å². The Morgan fingerprint density at radius 3 is 2.96 bits per heavy atom. The van der Waals surface area contributed by atoms with E-state index in [1.54, 1.807) is 6.20 Å². The van der Waals surface area contributed by atoms with Crippen LogP contribution in [0.2, 0.25) is 0 Å². The molecule has 2 aliphatic heterocycles. The zero-order chi connectivity index (χ0) is 17.9. The number of amides is 1.